The van der Waals surface area contributed by atoms with E-state index in [1.54, 1.807) is 11.8 Å². The number of hydrogen-bond donors (Lipinski definition) is 0. The van der Waals surface area contributed by atoms with Gasteiger partial charge in [-0.1, -0.05) is 102 Å². The Morgan fingerprint density at radius 1 is 0.612 bits per heavy atom. The minimum atomic E-state index is -0.695. The third-order valence-corrected chi connectivity index (χ3v) is 10.1. The van der Waals surface area contributed by atoms with Crippen LogP contribution in [0.4, 0.5) is 0 Å². The monoisotopic (exact) mass is 831 g/mol. The van der Waals surface area contributed by atoms with Gasteiger partial charge in [0.1, 0.15) is 0 Å². The molecule has 0 spiro atoms. The van der Waals surface area contributed by atoms with Gasteiger partial charge in [-0.15, -0.1) is 29.3 Å². The number of hydrogen-bond acceptors (Lipinski definition) is 4. The summed E-state index contributed by atoms with van der Waals surface area (Å²) in [6.45, 7) is 6.47. The van der Waals surface area contributed by atoms with E-state index in [1.807, 2.05) is 42.7 Å². The van der Waals surface area contributed by atoms with Gasteiger partial charge in [0.2, 0.25) is 0 Å². The van der Waals surface area contributed by atoms with E-state index in [-0.39, 0.29) is 21.1 Å². The van der Waals surface area contributed by atoms with E-state index in [2.05, 4.69) is 135 Å². The Morgan fingerprint density at radius 2 is 1.27 bits per heavy atom. The number of pyridine rings is 2. The number of fused-ring (bicyclic) bond motifs is 2. The fourth-order valence-corrected chi connectivity index (χ4v) is 8.36. The first-order valence-electron chi connectivity index (χ1n) is 16.1. The molecule has 0 amide bonds. The van der Waals surface area contributed by atoms with Crippen molar-refractivity contribution in [3.05, 3.63) is 191 Å². The second-order valence-corrected chi connectivity index (χ2v) is 13.3. The van der Waals surface area contributed by atoms with Crippen molar-refractivity contribution in [3.63, 3.8) is 0 Å². The molecule has 0 N–H and O–H groups in total. The van der Waals surface area contributed by atoms with Crippen LogP contribution in [0.5, 0.6) is 11.5 Å². The van der Waals surface area contributed by atoms with Gasteiger partial charge in [-0.05, 0) is 84.6 Å². The van der Waals surface area contributed by atoms with E-state index >= 15 is 0 Å². The van der Waals surface area contributed by atoms with Gasteiger partial charge in [-0.2, -0.15) is 12.1 Å². The van der Waals surface area contributed by atoms with Crippen molar-refractivity contribution in [3.8, 4) is 33.9 Å². The minimum Gasteiger partial charge on any atom is -0.503 e. The largest absolute Gasteiger partial charge is 2.00 e. The van der Waals surface area contributed by atoms with Gasteiger partial charge >= 0.3 is 21.1 Å². The molecular formula is C44H32N2OPtS. The van der Waals surface area contributed by atoms with Crippen LogP contribution in [0, 0.1) is 32.9 Å². The number of aromatic nitrogens is 2. The molecular weight excluding hydrogens is 800 g/mol. The van der Waals surface area contributed by atoms with Crippen LogP contribution in [0.15, 0.2) is 150 Å². The summed E-state index contributed by atoms with van der Waals surface area (Å²) in [6.07, 6.45) is 3.68. The Labute approximate surface area is 306 Å². The zero-order valence-electron chi connectivity index (χ0n) is 27.3. The van der Waals surface area contributed by atoms with Crippen molar-refractivity contribution < 1.29 is 25.8 Å². The average molecular weight is 832 g/mol. The van der Waals surface area contributed by atoms with Gasteiger partial charge in [-0.25, -0.2) is 0 Å². The third kappa shape index (κ3) is 5.94. The topological polar surface area (TPSA) is 35.0 Å². The Morgan fingerprint density at radius 3 is 1.92 bits per heavy atom. The number of rotatable bonds is 6. The molecule has 1 aliphatic rings. The average Bonchev–Trinajstić information content (AvgIpc) is 3.11. The first kappa shape index (κ1) is 32.8. The molecule has 0 saturated heterocycles. The number of benzene rings is 5. The molecule has 0 radical (unpaired) electrons. The molecule has 7 aromatic rings. The van der Waals surface area contributed by atoms with E-state index in [0.29, 0.717) is 11.5 Å². The van der Waals surface area contributed by atoms with E-state index in [9.17, 15) is 0 Å². The molecule has 3 heterocycles. The van der Waals surface area contributed by atoms with Gasteiger partial charge in [0.15, 0.2) is 0 Å². The van der Waals surface area contributed by atoms with Crippen LogP contribution in [0.2, 0.25) is 0 Å². The van der Waals surface area contributed by atoms with E-state index in [4.69, 9.17) is 9.72 Å². The number of nitrogens with zero attached hydrogens (tertiary/aromatic N) is 2. The van der Waals surface area contributed by atoms with E-state index in [0.717, 1.165) is 28.1 Å². The first-order valence-corrected chi connectivity index (χ1v) is 16.9. The van der Waals surface area contributed by atoms with Crippen LogP contribution in [0.1, 0.15) is 39.1 Å². The van der Waals surface area contributed by atoms with Crippen LogP contribution in [-0.4, -0.2) is 9.97 Å². The zero-order chi connectivity index (χ0) is 32.7. The third-order valence-electron chi connectivity index (χ3n) is 8.99. The quantitative estimate of drug-likeness (QED) is 0.156. The SMILES string of the molecule is Cc1cc(C)c(-c2cc(Oc3[c-]c(C4(c5ccccn5)c5ccccc5Sc5ccccc54)ccc3)[c-]c(-c3ccccn3)c2)c(C)c1.[Pt+2]. The molecule has 0 atom stereocenters. The predicted molar refractivity (Wildman–Crippen MR) is 194 cm³/mol. The van der Waals surface area contributed by atoms with Gasteiger partial charge in [0.05, 0.1) is 11.1 Å². The molecule has 0 saturated carbocycles. The standard InChI is InChI=1S/C44H32N2OS.Pt/c1-29-23-30(2)43(31(3)24-29)33-25-32(39-17-8-10-21-45-39)26-36(27-33)47-35-14-12-13-34(28-35)44(42-20-9-11-22-46-42)37-15-4-6-18-40(37)48-41-19-7-5-16-38(41)44;/h4-25,27H,1-3H3;/q-2;+2. The summed E-state index contributed by atoms with van der Waals surface area (Å²) in [7, 11) is 0. The molecule has 0 bridgehead atoms. The zero-order valence-corrected chi connectivity index (χ0v) is 30.4. The predicted octanol–water partition coefficient (Wildman–Crippen LogP) is 11.0. The maximum atomic E-state index is 6.73. The summed E-state index contributed by atoms with van der Waals surface area (Å²) in [5.41, 5.74) is 11.2. The number of aryl methyl sites for hydroxylation is 3. The molecule has 8 rings (SSSR count). The molecule has 0 unspecified atom stereocenters. The van der Waals surface area contributed by atoms with Crippen molar-refractivity contribution in [2.75, 3.05) is 0 Å². The molecule has 240 valence electrons. The Kier molecular flexibility index (Phi) is 9.11. The molecule has 5 heteroatoms. The summed E-state index contributed by atoms with van der Waals surface area (Å²) in [6, 6.07) is 51.4. The second kappa shape index (κ2) is 13.6. The fourth-order valence-electron chi connectivity index (χ4n) is 7.17. The Balaban J connectivity index is 0.00000378. The van der Waals surface area contributed by atoms with Gasteiger partial charge in [0, 0.05) is 33.7 Å². The van der Waals surface area contributed by atoms with E-state index < -0.39 is 5.41 Å². The van der Waals surface area contributed by atoms with Crippen molar-refractivity contribution in [1.29, 1.82) is 0 Å². The molecule has 49 heavy (non-hydrogen) atoms. The van der Waals surface area contributed by atoms with Gasteiger partial charge in [0.25, 0.3) is 0 Å². The molecule has 0 aliphatic carbocycles. The molecule has 2 aromatic heterocycles. The second-order valence-electron chi connectivity index (χ2n) is 12.2. The van der Waals surface area contributed by atoms with Crippen LogP contribution in [0.25, 0.3) is 22.4 Å². The van der Waals surface area contributed by atoms with Crippen LogP contribution in [0.3, 0.4) is 0 Å². The maximum absolute atomic E-state index is 6.73. The van der Waals surface area contributed by atoms with Crippen molar-refractivity contribution in [1.82, 2.24) is 9.97 Å². The smallest absolute Gasteiger partial charge is 0.503 e. The van der Waals surface area contributed by atoms with Crippen molar-refractivity contribution >= 4 is 11.8 Å². The fraction of sp³-hybridized carbons (Fsp3) is 0.0909. The first-order chi connectivity index (χ1) is 23.5. The Hall–Kier alpha value is -4.76. The summed E-state index contributed by atoms with van der Waals surface area (Å²) in [5, 5.41) is 0. The summed E-state index contributed by atoms with van der Waals surface area (Å²) >= 11 is 1.80. The van der Waals surface area contributed by atoms with Crippen molar-refractivity contribution in [2.24, 2.45) is 0 Å². The van der Waals surface area contributed by atoms with Crippen LogP contribution in [-0.2, 0) is 26.5 Å². The number of ether oxygens (including phenoxy) is 1. The Bertz CT molecular complexity index is 2220. The van der Waals surface area contributed by atoms with E-state index in [1.165, 1.54) is 43.2 Å². The molecule has 1 aliphatic heterocycles. The van der Waals surface area contributed by atoms with Crippen LogP contribution >= 0.6 is 11.8 Å². The van der Waals surface area contributed by atoms with Crippen molar-refractivity contribution in [2.45, 2.75) is 36.0 Å². The van der Waals surface area contributed by atoms with Crippen LogP contribution < -0.4 is 4.74 Å². The normalized spacial score (nSPS) is 12.7. The maximum Gasteiger partial charge on any atom is 2.00 e. The van der Waals surface area contributed by atoms with Gasteiger partial charge < -0.3 is 9.72 Å². The summed E-state index contributed by atoms with van der Waals surface area (Å²) in [4.78, 5) is 12.0. The molecule has 3 nitrogen and oxygen atoms in total. The van der Waals surface area contributed by atoms with Gasteiger partial charge in [-0.3, -0.25) is 4.98 Å². The summed E-state index contributed by atoms with van der Waals surface area (Å²) < 4.78 is 6.73. The summed E-state index contributed by atoms with van der Waals surface area (Å²) in [5.74, 6) is 1.21. The molecule has 0 fully saturated rings. The minimum absolute atomic E-state index is 0. The molecule has 5 aromatic carbocycles.